The second-order valence-corrected chi connectivity index (χ2v) is 5.30. The maximum absolute atomic E-state index is 12.6. The van der Waals surface area contributed by atoms with E-state index in [9.17, 15) is 9.59 Å². The summed E-state index contributed by atoms with van der Waals surface area (Å²) in [5.74, 6) is -0.944. The summed E-state index contributed by atoms with van der Waals surface area (Å²) in [7, 11) is 0. The van der Waals surface area contributed by atoms with Gasteiger partial charge in [-0.2, -0.15) is 0 Å². The van der Waals surface area contributed by atoms with Crippen LogP contribution < -0.4 is 4.90 Å². The van der Waals surface area contributed by atoms with Crippen molar-refractivity contribution in [3.8, 4) is 0 Å². The van der Waals surface area contributed by atoms with E-state index in [-0.39, 0.29) is 11.6 Å². The highest BCUT2D eigenvalue weighted by Crippen LogP contribution is 2.29. The summed E-state index contributed by atoms with van der Waals surface area (Å²) in [4.78, 5) is 27.0. The summed E-state index contributed by atoms with van der Waals surface area (Å²) in [6, 6.07) is 4.86. The SMILES string of the molecule is C=C(C)CN(CC)C(=O)N1CCc2cc(C(=O)O)ccc21. The first-order valence-electron chi connectivity index (χ1n) is 7.01. The molecule has 5 heteroatoms. The van der Waals surface area contributed by atoms with Crippen molar-refractivity contribution in [2.75, 3.05) is 24.5 Å². The van der Waals surface area contributed by atoms with Crippen LogP contribution in [0.2, 0.25) is 0 Å². The lowest BCUT2D eigenvalue weighted by Crippen LogP contribution is -2.43. The van der Waals surface area contributed by atoms with Crippen molar-refractivity contribution in [2.45, 2.75) is 20.3 Å². The van der Waals surface area contributed by atoms with Crippen LogP contribution in [-0.2, 0) is 6.42 Å². The number of fused-ring (bicyclic) bond motifs is 1. The van der Waals surface area contributed by atoms with Gasteiger partial charge in [-0.3, -0.25) is 4.90 Å². The molecule has 1 aromatic rings. The number of likely N-dealkylation sites (N-methyl/N-ethyl adjacent to an activating group) is 1. The van der Waals surface area contributed by atoms with Gasteiger partial charge in [-0.1, -0.05) is 12.2 Å². The molecule has 0 unspecified atom stereocenters. The van der Waals surface area contributed by atoms with Gasteiger partial charge in [0, 0.05) is 25.3 Å². The molecule has 0 atom stereocenters. The van der Waals surface area contributed by atoms with Crippen LogP contribution >= 0.6 is 0 Å². The maximum Gasteiger partial charge on any atom is 0.335 e. The number of carbonyl (C=O) groups is 2. The Kier molecular flexibility index (Phi) is 4.31. The molecule has 0 spiro atoms. The molecule has 0 radical (unpaired) electrons. The summed E-state index contributed by atoms with van der Waals surface area (Å²) < 4.78 is 0. The number of amides is 2. The zero-order chi connectivity index (χ0) is 15.6. The Bertz CT molecular complexity index is 595. The zero-order valence-electron chi connectivity index (χ0n) is 12.4. The molecular formula is C16H20N2O3. The first kappa shape index (κ1) is 15.1. The van der Waals surface area contributed by atoms with E-state index in [4.69, 9.17) is 5.11 Å². The normalized spacial score (nSPS) is 13.0. The first-order valence-corrected chi connectivity index (χ1v) is 7.01. The predicted molar refractivity (Wildman–Crippen MR) is 81.9 cm³/mol. The number of anilines is 1. The highest BCUT2D eigenvalue weighted by molar-refractivity contribution is 5.96. The smallest absolute Gasteiger partial charge is 0.335 e. The summed E-state index contributed by atoms with van der Waals surface area (Å²) >= 11 is 0. The minimum Gasteiger partial charge on any atom is -0.478 e. The largest absolute Gasteiger partial charge is 0.478 e. The number of carboxylic acids is 1. The molecule has 2 amide bonds. The number of rotatable bonds is 4. The molecule has 21 heavy (non-hydrogen) atoms. The minimum atomic E-state index is -0.944. The minimum absolute atomic E-state index is 0.0534. The molecule has 0 fully saturated rings. The highest BCUT2D eigenvalue weighted by atomic mass is 16.4. The number of hydrogen-bond donors (Lipinski definition) is 1. The summed E-state index contributed by atoms with van der Waals surface area (Å²) in [5, 5.41) is 9.02. The molecule has 0 saturated heterocycles. The summed E-state index contributed by atoms with van der Waals surface area (Å²) in [6.07, 6.45) is 0.687. The van der Waals surface area contributed by atoms with Crippen molar-refractivity contribution >= 4 is 17.7 Å². The maximum atomic E-state index is 12.6. The second-order valence-electron chi connectivity index (χ2n) is 5.30. The fourth-order valence-electron chi connectivity index (χ4n) is 2.54. The van der Waals surface area contributed by atoms with Gasteiger partial charge in [-0.25, -0.2) is 9.59 Å². The standard InChI is InChI=1S/C16H20N2O3/c1-4-17(10-11(2)3)16(21)18-8-7-12-9-13(15(19)20)5-6-14(12)18/h5-6,9H,2,4,7-8,10H2,1,3H3,(H,19,20). The molecule has 1 aliphatic rings. The molecule has 5 nitrogen and oxygen atoms in total. The van der Waals surface area contributed by atoms with Crippen molar-refractivity contribution < 1.29 is 14.7 Å². The monoisotopic (exact) mass is 288 g/mol. The number of aromatic carboxylic acids is 1. The van der Waals surface area contributed by atoms with E-state index in [1.807, 2.05) is 13.8 Å². The Hall–Kier alpha value is -2.30. The van der Waals surface area contributed by atoms with Crippen LogP contribution in [0, 0.1) is 0 Å². The van der Waals surface area contributed by atoms with Crippen molar-refractivity contribution in [3.05, 3.63) is 41.5 Å². The van der Waals surface area contributed by atoms with Gasteiger partial charge in [0.05, 0.1) is 5.56 Å². The zero-order valence-corrected chi connectivity index (χ0v) is 12.4. The van der Waals surface area contributed by atoms with E-state index in [2.05, 4.69) is 6.58 Å². The molecule has 1 aromatic carbocycles. The van der Waals surface area contributed by atoms with Gasteiger partial charge in [0.15, 0.2) is 0 Å². The van der Waals surface area contributed by atoms with Crippen LogP contribution in [0.3, 0.4) is 0 Å². The molecule has 1 heterocycles. The molecule has 1 N–H and O–H groups in total. The van der Waals surface area contributed by atoms with Crippen LogP contribution in [-0.4, -0.2) is 41.6 Å². The number of urea groups is 1. The van der Waals surface area contributed by atoms with Gasteiger partial charge < -0.3 is 10.0 Å². The van der Waals surface area contributed by atoms with Gasteiger partial charge in [0.2, 0.25) is 0 Å². The van der Waals surface area contributed by atoms with Crippen molar-refractivity contribution in [1.29, 1.82) is 0 Å². The van der Waals surface area contributed by atoms with Crippen LogP contribution in [0.4, 0.5) is 10.5 Å². The molecular weight excluding hydrogens is 268 g/mol. The van der Waals surface area contributed by atoms with Gasteiger partial charge >= 0.3 is 12.0 Å². The topological polar surface area (TPSA) is 60.9 Å². The third kappa shape index (κ3) is 3.07. The number of hydrogen-bond acceptors (Lipinski definition) is 2. The van der Waals surface area contributed by atoms with Gasteiger partial charge in [-0.05, 0) is 44.0 Å². The molecule has 0 bridgehead atoms. The molecule has 2 rings (SSSR count). The van der Waals surface area contributed by atoms with Crippen molar-refractivity contribution in [2.24, 2.45) is 0 Å². The fourth-order valence-corrected chi connectivity index (χ4v) is 2.54. The van der Waals surface area contributed by atoms with E-state index < -0.39 is 5.97 Å². The van der Waals surface area contributed by atoms with Crippen LogP contribution in [0.1, 0.15) is 29.8 Å². The number of nitrogens with zero attached hydrogens (tertiary/aromatic N) is 2. The third-order valence-corrected chi connectivity index (χ3v) is 3.57. The summed E-state index contributed by atoms with van der Waals surface area (Å²) in [5.41, 5.74) is 2.92. The van der Waals surface area contributed by atoms with E-state index in [0.717, 1.165) is 16.8 Å². The van der Waals surface area contributed by atoms with Gasteiger partial charge in [0.25, 0.3) is 0 Å². The molecule has 0 aromatic heterocycles. The molecule has 0 aliphatic carbocycles. The Balaban J connectivity index is 2.23. The van der Waals surface area contributed by atoms with E-state index in [0.29, 0.717) is 26.1 Å². The van der Waals surface area contributed by atoms with E-state index in [1.165, 1.54) is 0 Å². The molecule has 112 valence electrons. The Labute approximate surface area is 124 Å². The number of carboxylic acid groups (broad SMARTS) is 1. The first-order chi connectivity index (χ1) is 9.93. The fraction of sp³-hybridized carbons (Fsp3) is 0.375. The van der Waals surface area contributed by atoms with Crippen LogP contribution in [0.25, 0.3) is 0 Å². The third-order valence-electron chi connectivity index (χ3n) is 3.57. The van der Waals surface area contributed by atoms with Crippen molar-refractivity contribution in [3.63, 3.8) is 0 Å². The molecule has 1 aliphatic heterocycles. The van der Waals surface area contributed by atoms with Crippen LogP contribution in [0.5, 0.6) is 0 Å². The highest BCUT2D eigenvalue weighted by Gasteiger charge is 2.28. The van der Waals surface area contributed by atoms with E-state index in [1.54, 1.807) is 28.0 Å². The Morgan fingerprint density at radius 2 is 2.14 bits per heavy atom. The number of benzene rings is 1. The van der Waals surface area contributed by atoms with Gasteiger partial charge in [0.1, 0.15) is 0 Å². The second kappa shape index (κ2) is 5.99. The van der Waals surface area contributed by atoms with Crippen molar-refractivity contribution in [1.82, 2.24) is 4.90 Å². The Morgan fingerprint density at radius 1 is 1.43 bits per heavy atom. The van der Waals surface area contributed by atoms with Crippen LogP contribution in [0.15, 0.2) is 30.4 Å². The average molecular weight is 288 g/mol. The predicted octanol–water partition coefficient (Wildman–Crippen LogP) is 2.77. The quantitative estimate of drug-likeness (QED) is 0.867. The molecule has 0 saturated carbocycles. The summed E-state index contributed by atoms with van der Waals surface area (Å²) in [6.45, 7) is 9.42. The average Bonchev–Trinajstić information content (AvgIpc) is 2.86. The lowest BCUT2D eigenvalue weighted by atomic mass is 10.1. The van der Waals surface area contributed by atoms with E-state index >= 15 is 0 Å². The number of carbonyl (C=O) groups excluding carboxylic acids is 1. The Morgan fingerprint density at radius 3 is 2.71 bits per heavy atom. The lowest BCUT2D eigenvalue weighted by Gasteiger charge is -2.27. The lowest BCUT2D eigenvalue weighted by molar-refractivity contribution is 0.0697. The van der Waals surface area contributed by atoms with Gasteiger partial charge in [-0.15, -0.1) is 0 Å².